The molecule has 110 valence electrons. The smallest absolute Gasteiger partial charge is 0.310 e. The van der Waals surface area contributed by atoms with Crippen molar-refractivity contribution in [1.82, 2.24) is 9.88 Å². The minimum atomic E-state index is -0.109. The van der Waals surface area contributed by atoms with Crippen molar-refractivity contribution in [3.8, 4) is 0 Å². The predicted molar refractivity (Wildman–Crippen MR) is 78.9 cm³/mol. The van der Waals surface area contributed by atoms with Crippen LogP contribution in [0.2, 0.25) is 10.2 Å². The van der Waals surface area contributed by atoms with Gasteiger partial charge in [0.05, 0.1) is 23.2 Å². The van der Waals surface area contributed by atoms with Crippen LogP contribution >= 0.6 is 23.2 Å². The maximum atomic E-state index is 11.8. The maximum absolute atomic E-state index is 11.8. The topological polar surface area (TPSA) is 42.4 Å². The van der Waals surface area contributed by atoms with Gasteiger partial charge in [-0.05, 0) is 38.4 Å². The number of hydrogen-bond donors (Lipinski definition) is 0. The summed E-state index contributed by atoms with van der Waals surface area (Å²) in [4.78, 5) is 18.2. The predicted octanol–water partition coefficient (Wildman–Crippen LogP) is 3.16. The average molecular weight is 317 g/mol. The molecule has 0 radical (unpaired) electrons. The summed E-state index contributed by atoms with van der Waals surface area (Å²) in [6.45, 7) is 4.48. The van der Waals surface area contributed by atoms with Gasteiger partial charge in [-0.1, -0.05) is 23.2 Å². The molecule has 0 N–H and O–H groups in total. The summed E-state index contributed by atoms with van der Waals surface area (Å²) in [5.74, 6) is -0.163. The fourth-order valence-electron chi connectivity index (χ4n) is 2.43. The standard InChI is InChI=1S/C14H18Cl2N2O2/c1-2-20-14(19)10-4-3-7-18(8-10)9-12-11(15)5-6-13(16)17-12/h5-6,10H,2-4,7-9H2,1H3. The number of carbonyl (C=O) groups excluding carboxylic acids is 1. The first-order valence-electron chi connectivity index (χ1n) is 6.80. The molecule has 0 aromatic carbocycles. The third-order valence-corrected chi connectivity index (χ3v) is 3.94. The number of halogens is 2. The lowest BCUT2D eigenvalue weighted by Crippen LogP contribution is -2.39. The molecule has 1 unspecified atom stereocenters. The van der Waals surface area contributed by atoms with Gasteiger partial charge in [0.25, 0.3) is 0 Å². The summed E-state index contributed by atoms with van der Waals surface area (Å²) in [6, 6.07) is 3.42. The van der Waals surface area contributed by atoms with E-state index in [1.54, 1.807) is 12.1 Å². The molecule has 2 rings (SSSR count). The second kappa shape index (κ2) is 7.25. The normalized spacial score (nSPS) is 19.9. The minimum Gasteiger partial charge on any atom is -0.466 e. The quantitative estimate of drug-likeness (QED) is 0.632. The van der Waals surface area contributed by atoms with Crippen LogP contribution < -0.4 is 0 Å². The first-order valence-corrected chi connectivity index (χ1v) is 7.55. The van der Waals surface area contributed by atoms with Gasteiger partial charge in [0.1, 0.15) is 5.15 Å². The number of hydrogen-bond acceptors (Lipinski definition) is 4. The van der Waals surface area contributed by atoms with Gasteiger partial charge in [0.15, 0.2) is 0 Å². The van der Waals surface area contributed by atoms with Gasteiger partial charge in [0, 0.05) is 13.1 Å². The number of carbonyl (C=O) groups is 1. The number of rotatable bonds is 4. The highest BCUT2D eigenvalue weighted by Gasteiger charge is 2.27. The molecular weight excluding hydrogens is 299 g/mol. The van der Waals surface area contributed by atoms with E-state index in [-0.39, 0.29) is 11.9 Å². The van der Waals surface area contributed by atoms with Crippen molar-refractivity contribution in [3.63, 3.8) is 0 Å². The van der Waals surface area contributed by atoms with Gasteiger partial charge in [-0.25, -0.2) is 4.98 Å². The van der Waals surface area contributed by atoms with Gasteiger partial charge in [-0.3, -0.25) is 9.69 Å². The molecular formula is C14H18Cl2N2O2. The van der Waals surface area contributed by atoms with Crippen LogP contribution in [0.4, 0.5) is 0 Å². The number of piperidine rings is 1. The van der Waals surface area contributed by atoms with Crippen molar-refractivity contribution >= 4 is 29.2 Å². The summed E-state index contributed by atoms with van der Waals surface area (Å²) < 4.78 is 5.09. The number of pyridine rings is 1. The van der Waals surface area contributed by atoms with Crippen molar-refractivity contribution in [2.45, 2.75) is 26.3 Å². The first-order chi connectivity index (χ1) is 9.60. The average Bonchev–Trinajstić information content (AvgIpc) is 2.43. The Labute approximate surface area is 129 Å². The van der Waals surface area contributed by atoms with Crippen molar-refractivity contribution in [1.29, 1.82) is 0 Å². The Morgan fingerprint density at radius 1 is 1.50 bits per heavy atom. The van der Waals surface area contributed by atoms with E-state index in [1.807, 2.05) is 6.92 Å². The van der Waals surface area contributed by atoms with Crippen molar-refractivity contribution < 1.29 is 9.53 Å². The van der Waals surface area contributed by atoms with E-state index in [0.717, 1.165) is 25.1 Å². The van der Waals surface area contributed by atoms with Gasteiger partial charge in [0.2, 0.25) is 0 Å². The van der Waals surface area contributed by atoms with Crippen LogP contribution in [0.3, 0.4) is 0 Å². The van der Waals surface area contributed by atoms with Gasteiger partial charge >= 0.3 is 5.97 Å². The maximum Gasteiger partial charge on any atom is 0.310 e. The van der Waals surface area contributed by atoms with Crippen molar-refractivity contribution in [3.05, 3.63) is 28.0 Å². The highest BCUT2D eigenvalue weighted by molar-refractivity contribution is 6.32. The molecule has 0 spiro atoms. The molecule has 1 aliphatic heterocycles. The van der Waals surface area contributed by atoms with Crippen molar-refractivity contribution in [2.75, 3.05) is 19.7 Å². The molecule has 0 saturated carbocycles. The number of aromatic nitrogens is 1. The zero-order chi connectivity index (χ0) is 14.5. The molecule has 0 aliphatic carbocycles. The second-order valence-corrected chi connectivity index (χ2v) is 5.68. The highest BCUT2D eigenvalue weighted by atomic mass is 35.5. The van der Waals surface area contributed by atoms with Crippen LogP contribution in [-0.4, -0.2) is 35.5 Å². The molecule has 2 heterocycles. The summed E-state index contributed by atoms with van der Waals surface area (Å²) in [7, 11) is 0. The summed E-state index contributed by atoms with van der Waals surface area (Å²) in [5, 5.41) is 1.04. The Morgan fingerprint density at radius 2 is 2.30 bits per heavy atom. The van der Waals surface area contributed by atoms with E-state index < -0.39 is 0 Å². The Morgan fingerprint density at radius 3 is 3.05 bits per heavy atom. The molecule has 1 atom stereocenters. The second-order valence-electron chi connectivity index (χ2n) is 4.89. The lowest BCUT2D eigenvalue weighted by molar-refractivity contribution is -0.150. The molecule has 1 aromatic heterocycles. The van der Waals surface area contributed by atoms with Gasteiger partial charge in [-0.15, -0.1) is 0 Å². The van der Waals surface area contributed by atoms with Crippen molar-refractivity contribution in [2.24, 2.45) is 5.92 Å². The third kappa shape index (κ3) is 4.08. The zero-order valence-electron chi connectivity index (χ0n) is 11.4. The Balaban J connectivity index is 1.99. The van der Waals surface area contributed by atoms with Crippen LogP contribution in [0.5, 0.6) is 0 Å². The van der Waals surface area contributed by atoms with Crippen LogP contribution in [-0.2, 0) is 16.1 Å². The van der Waals surface area contributed by atoms with E-state index in [9.17, 15) is 4.79 Å². The lowest BCUT2D eigenvalue weighted by atomic mass is 9.98. The molecule has 0 amide bonds. The third-order valence-electron chi connectivity index (χ3n) is 3.38. The summed E-state index contributed by atoms with van der Waals surface area (Å²) >= 11 is 12.0. The van der Waals surface area contributed by atoms with E-state index >= 15 is 0 Å². The molecule has 1 fully saturated rings. The first kappa shape index (κ1) is 15.5. The fraction of sp³-hybridized carbons (Fsp3) is 0.571. The molecule has 1 aromatic rings. The molecule has 6 heteroatoms. The lowest BCUT2D eigenvalue weighted by Gasteiger charge is -2.31. The zero-order valence-corrected chi connectivity index (χ0v) is 13.0. The van der Waals surface area contributed by atoms with Crippen LogP contribution in [0.1, 0.15) is 25.5 Å². The Kier molecular flexibility index (Phi) is 5.64. The van der Waals surface area contributed by atoms with Gasteiger partial charge < -0.3 is 4.74 Å². The number of likely N-dealkylation sites (tertiary alicyclic amines) is 1. The SMILES string of the molecule is CCOC(=O)C1CCCN(Cc2nc(Cl)ccc2Cl)C1. The van der Waals surface area contributed by atoms with E-state index in [0.29, 0.717) is 29.9 Å². The highest BCUT2D eigenvalue weighted by Crippen LogP contribution is 2.23. The summed E-state index contributed by atoms with van der Waals surface area (Å²) in [6.07, 6.45) is 1.85. The minimum absolute atomic E-state index is 0.0540. The monoisotopic (exact) mass is 316 g/mol. The summed E-state index contributed by atoms with van der Waals surface area (Å²) in [5.41, 5.74) is 0.753. The Hall–Kier alpha value is -0.840. The number of esters is 1. The largest absolute Gasteiger partial charge is 0.466 e. The Bertz CT molecular complexity index is 482. The number of nitrogens with zero attached hydrogens (tertiary/aromatic N) is 2. The number of ether oxygens (including phenoxy) is 1. The van der Waals surface area contributed by atoms with Crippen LogP contribution in [0.25, 0.3) is 0 Å². The van der Waals surface area contributed by atoms with E-state index in [4.69, 9.17) is 27.9 Å². The molecule has 1 saturated heterocycles. The van der Waals surface area contributed by atoms with Crippen LogP contribution in [0, 0.1) is 5.92 Å². The molecule has 0 bridgehead atoms. The fourth-order valence-corrected chi connectivity index (χ4v) is 2.76. The molecule has 1 aliphatic rings. The van der Waals surface area contributed by atoms with Crippen LogP contribution in [0.15, 0.2) is 12.1 Å². The van der Waals surface area contributed by atoms with E-state index in [2.05, 4.69) is 9.88 Å². The molecule has 4 nitrogen and oxygen atoms in total. The molecule has 20 heavy (non-hydrogen) atoms. The van der Waals surface area contributed by atoms with Gasteiger partial charge in [-0.2, -0.15) is 0 Å². The van der Waals surface area contributed by atoms with E-state index in [1.165, 1.54) is 0 Å².